The topological polar surface area (TPSA) is 61.6 Å². The molecule has 1 aromatic rings. The zero-order valence-corrected chi connectivity index (χ0v) is 13.4. The Morgan fingerprint density at radius 2 is 2.00 bits per heavy atom. The standard InChI is InChI=1S/C16H26N4O/c1-18-15(21)12-6-7-13(17)14(10-12)20(4)11-16(19(2)3)8-5-9-16/h6-7,10H,5,8-9,11,17H2,1-4H3,(H,18,21). The van der Waals surface area contributed by atoms with E-state index in [2.05, 4.69) is 29.2 Å². The van der Waals surface area contributed by atoms with Crippen LogP contribution in [0.3, 0.4) is 0 Å². The number of nitrogens with two attached hydrogens (primary N) is 1. The Labute approximate surface area is 127 Å². The molecule has 1 amide bonds. The van der Waals surface area contributed by atoms with Crippen molar-refractivity contribution in [3.05, 3.63) is 23.8 Å². The number of rotatable bonds is 5. The fourth-order valence-corrected chi connectivity index (χ4v) is 3.02. The average molecular weight is 290 g/mol. The van der Waals surface area contributed by atoms with Crippen LogP contribution in [0.2, 0.25) is 0 Å². The molecular weight excluding hydrogens is 264 g/mol. The predicted octanol–water partition coefficient (Wildman–Crippen LogP) is 1.55. The van der Waals surface area contributed by atoms with E-state index in [1.165, 1.54) is 19.3 Å². The maximum atomic E-state index is 11.8. The molecule has 0 aliphatic heterocycles. The summed E-state index contributed by atoms with van der Waals surface area (Å²) in [5, 5.41) is 2.65. The third-order valence-corrected chi connectivity index (χ3v) is 4.70. The van der Waals surface area contributed by atoms with Crippen LogP contribution in [0, 0.1) is 0 Å². The largest absolute Gasteiger partial charge is 0.397 e. The van der Waals surface area contributed by atoms with Crippen LogP contribution >= 0.6 is 0 Å². The Hall–Kier alpha value is -1.75. The molecule has 1 fully saturated rings. The van der Waals surface area contributed by atoms with E-state index >= 15 is 0 Å². The number of carbonyl (C=O) groups is 1. The molecular formula is C16H26N4O. The number of hydrogen-bond donors (Lipinski definition) is 2. The highest BCUT2D eigenvalue weighted by atomic mass is 16.1. The third kappa shape index (κ3) is 2.97. The SMILES string of the molecule is CNC(=O)c1ccc(N)c(N(C)CC2(N(C)C)CCC2)c1. The monoisotopic (exact) mass is 290 g/mol. The molecule has 0 saturated heterocycles. The number of benzene rings is 1. The van der Waals surface area contributed by atoms with E-state index in [1.807, 2.05) is 13.1 Å². The van der Waals surface area contributed by atoms with Crippen molar-refractivity contribution >= 4 is 17.3 Å². The second-order valence-corrected chi connectivity index (χ2v) is 6.18. The fourth-order valence-electron chi connectivity index (χ4n) is 3.02. The third-order valence-electron chi connectivity index (χ3n) is 4.70. The molecule has 1 aromatic carbocycles. The van der Waals surface area contributed by atoms with Crippen molar-refractivity contribution in [2.24, 2.45) is 0 Å². The van der Waals surface area contributed by atoms with Gasteiger partial charge in [-0.25, -0.2) is 0 Å². The first-order chi connectivity index (χ1) is 9.89. The van der Waals surface area contributed by atoms with Crippen LogP contribution in [0.5, 0.6) is 0 Å². The second kappa shape index (κ2) is 5.93. The maximum Gasteiger partial charge on any atom is 0.251 e. The van der Waals surface area contributed by atoms with Crippen molar-refractivity contribution in [3.63, 3.8) is 0 Å². The minimum absolute atomic E-state index is 0.0874. The number of nitrogens with zero attached hydrogens (tertiary/aromatic N) is 2. The van der Waals surface area contributed by atoms with Gasteiger partial charge in [0.05, 0.1) is 11.4 Å². The van der Waals surface area contributed by atoms with Gasteiger partial charge in [0.2, 0.25) is 0 Å². The molecule has 21 heavy (non-hydrogen) atoms. The number of hydrogen-bond acceptors (Lipinski definition) is 4. The minimum Gasteiger partial charge on any atom is -0.397 e. The molecule has 0 aromatic heterocycles. The molecule has 5 nitrogen and oxygen atoms in total. The van der Waals surface area contributed by atoms with E-state index in [9.17, 15) is 4.79 Å². The maximum absolute atomic E-state index is 11.8. The first kappa shape index (κ1) is 15.6. The van der Waals surface area contributed by atoms with Crippen molar-refractivity contribution in [3.8, 4) is 0 Å². The lowest BCUT2D eigenvalue weighted by molar-refractivity contribution is 0.0683. The van der Waals surface area contributed by atoms with Gasteiger partial charge < -0.3 is 20.9 Å². The lowest BCUT2D eigenvalue weighted by Crippen LogP contribution is -2.56. The fraction of sp³-hybridized carbons (Fsp3) is 0.562. The van der Waals surface area contributed by atoms with E-state index in [0.29, 0.717) is 11.3 Å². The van der Waals surface area contributed by atoms with Gasteiger partial charge in [-0.1, -0.05) is 0 Å². The molecule has 0 unspecified atom stereocenters. The van der Waals surface area contributed by atoms with Gasteiger partial charge >= 0.3 is 0 Å². The zero-order valence-electron chi connectivity index (χ0n) is 13.4. The highest BCUT2D eigenvalue weighted by Gasteiger charge is 2.40. The van der Waals surface area contributed by atoms with Crippen LogP contribution in [-0.4, -0.2) is 51.1 Å². The van der Waals surface area contributed by atoms with E-state index in [-0.39, 0.29) is 11.4 Å². The van der Waals surface area contributed by atoms with Crippen LogP contribution in [0.1, 0.15) is 29.6 Å². The molecule has 116 valence electrons. The second-order valence-electron chi connectivity index (χ2n) is 6.18. The Morgan fingerprint density at radius 1 is 1.33 bits per heavy atom. The minimum atomic E-state index is -0.0874. The molecule has 2 rings (SSSR count). The zero-order chi connectivity index (χ0) is 15.6. The number of likely N-dealkylation sites (N-methyl/N-ethyl adjacent to an activating group) is 2. The number of carbonyl (C=O) groups excluding carboxylic acids is 1. The van der Waals surface area contributed by atoms with Crippen molar-refractivity contribution in [2.45, 2.75) is 24.8 Å². The number of nitrogen functional groups attached to an aromatic ring is 1. The molecule has 0 heterocycles. The first-order valence-corrected chi connectivity index (χ1v) is 7.40. The molecule has 0 radical (unpaired) electrons. The summed E-state index contributed by atoms with van der Waals surface area (Å²) in [5.74, 6) is -0.0874. The van der Waals surface area contributed by atoms with Crippen molar-refractivity contribution in [1.82, 2.24) is 10.2 Å². The number of nitrogens with one attached hydrogen (secondary N) is 1. The predicted molar refractivity (Wildman–Crippen MR) is 87.8 cm³/mol. The van der Waals surface area contributed by atoms with Crippen molar-refractivity contribution in [1.29, 1.82) is 0 Å². The van der Waals surface area contributed by atoms with Crippen LogP contribution in [0.15, 0.2) is 18.2 Å². The summed E-state index contributed by atoms with van der Waals surface area (Å²) in [4.78, 5) is 16.3. The highest BCUT2D eigenvalue weighted by Crippen LogP contribution is 2.38. The first-order valence-electron chi connectivity index (χ1n) is 7.40. The van der Waals surface area contributed by atoms with Crippen LogP contribution in [-0.2, 0) is 0 Å². The smallest absolute Gasteiger partial charge is 0.251 e. The molecule has 1 aliphatic carbocycles. The van der Waals surface area contributed by atoms with E-state index in [0.717, 1.165) is 12.2 Å². The summed E-state index contributed by atoms with van der Waals surface area (Å²) in [5.41, 5.74) is 8.59. The lowest BCUT2D eigenvalue weighted by Gasteiger charge is -2.49. The summed E-state index contributed by atoms with van der Waals surface area (Å²) < 4.78 is 0. The normalized spacial score (nSPS) is 16.4. The summed E-state index contributed by atoms with van der Waals surface area (Å²) in [6.07, 6.45) is 3.69. The van der Waals surface area contributed by atoms with Crippen molar-refractivity contribution in [2.75, 3.05) is 45.4 Å². The Morgan fingerprint density at radius 3 is 2.48 bits per heavy atom. The van der Waals surface area contributed by atoms with E-state index < -0.39 is 0 Å². The molecule has 5 heteroatoms. The van der Waals surface area contributed by atoms with Gasteiger partial charge in [-0.2, -0.15) is 0 Å². The summed E-state index contributed by atoms with van der Waals surface area (Å²) in [7, 11) is 7.95. The molecule has 3 N–H and O–H groups in total. The van der Waals surface area contributed by atoms with E-state index in [4.69, 9.17) is 5.73 Å². The van der Waals surface area contributed by atoms with Crippen LogP contribution < -0.4 is 16.0 Å². The molecule has 0 spiro atoms. The average Bonchev–Trinajstić information content (AvgIpc) is 2.41. The van der Waals surface area contributed by atoms with E-state index in [1.54, 1.807) is 19.2 Å². The lowest BCUT2D eigenvalue weighted by atomic mass is 9.75. The summed E-state index contributed by atoms with van der Waals surface area (Å²) in [6, 6.07) is 5.44. The highest BCUT2D eigenvalue weighted by molar-refractivity contribution is 5.96. The van der Waals surface area contributed by atoms with Crippen LogP contribution in [0.4, 0.5) is 11.4 Å². The van der Waals surface area contributed by atoms with Gasteiger partial charge in [-0.3, -0.25) is 4.79 Å². The molecule has 1 aliphatic rings. The molecule has 1 saturated carbocycles. The molecule has 0 bridgehead atoms. The van der Waals surface area contributed by atoms with Gasteiger partial charge in [0.25, 0.3) is 5.91 Å². The number of amides is 1. The summed E-state index contributed by atoms with van der Waals surface area (Å²) >= 11 is 0. The van der Waals surface area contributed by atoms with Gasteiger partial charge in [0, 0.05) is 31.7 Å². The van der Waals surface area contributed by atoms with Gasteiger partial charge in [-0.15, -0.1) is 0 Å². The number of anilines is 2. The van der Waals surface area contributed by atoms with Gasteiger partial charge in [-0.05, 0) is 51.6 Å². The van der Waals surface area contributed by atoms with Crippen LogP contribution in [0.25, 0.3) is 0 Å². The molecule has 0 atom stereocenters. The van der Waals surface area contributed by atoms with Gasteiger partial charge in [0.1, 0.15) is 0 Å². The Bertz CT molecular complexity index is 523. The Kier molecular flexibility index (Phi) is 4.42. The van der Waals surface area contributed by atoms with Crippen molar-refractivity contribution < 1.29 is 4.79 Å². The summed E-state index contributed by atoms with van der Waals surface area (Å²) in [6.45, 7) is 0.918. The van der Waals surface area contributed by atoms with Gasteiger partial charge in [0.15, 0.2) is 0 Å². The quantitative estimate of drug-likeness (QED) is 0.808. The Balaban J connectivity index is 2.22.